The molecule has 0 aliphatic carbocycles. The zero-order valence-corrected chi connectivity index (χ0v) is 10.3. The number of ketones is 1. The Morgan fingerprint density at radius 1 is 1.38 bits per heavy atom. The molecule has 0 saturated carbocycles. The van der Waals surface area contributed by atoms with E-state index in [0.717, 1.165) is 0 Å². The van der Waals surface area contributed by atoms with Gasteiger partial charge in [-0.1, -0.05) is 11.6 Å². The molecule has 0 fully saturated rings. The lowest BCUT2D eigenvalue weighted by Gasteiger charge is -2.11. The molecule has 16 heavy (non-hydrogen) atoms. The van der Waals surface area contributed by atoms with Gasteiger partial charge in [0.1, 0.15) is 5.38 Å². The van der Waals surface area contributed by atoms with Gasteiger partial charge in [-0.25, -0.2) is 4.79 Å². The molecule has 3 nitrogen and oxygen atoms in total. The molecule has 1 atom stereocenters. The summed E-state index contributed by atoms with van der Waals surface area (Å²) in [5.74, 6) is -0.798. The van der Waals surface area contributed by atoms with Crippen molar-refractivity contribution in [2.45, 2.75) is 12.3 Å². The van der Waals surface area contributed by atoms with Gasteiger partial charge in [-0.05, 0) is 30.7 Å². The van der Waals surface area contributed by atoms with Crippen LogP contribution in [-0.2, 0) is 9.53 Å². The van der Waals surface area contributed by atoms with E-state index in [2.05, 4.69) is 4.74 Å². The van der Waals surface area contributed by atoms with Gasteiger partial charge < -0.3 is 4.74 Å². The first-order valence-corrected chi connectivity index (χ1v) is 5.31. The summed E-state index contributed by atoms with van der Waals surface area (Å²) in [4.78, 5) is 22.6. The number of benzene rings is 1. The Balaban J connectivity index is 3.28. The first kappa shape index (κ1) is 13.0. The van der Waals surface area contributed by atoms with Crippen LogP contribution in [-0.4, -0.2) is 18.9 Å². The Kier molecular flexibility index (Phi) is 4.33. The van der Waals surface area contributed by atoms with E-state index in [9.17, 15) is 9.59 Å². The second kappa shape index (κ2) is 5.32. The van der Waals surface area contributed by atoms with Crippen LogP contribution in [0.25, 0.3) is 0 Å². The molecule has 0 N–H and O–H groups in total. The summed E-state index contributed by atoms with van der Waals surface area (Å²) in [6.45, 7) is 1.35. The van der Waals surface area contributed by atoms with E-state index in [1.807, 2.05) is 0 Å². The summed E-state index contributed by atoms with van der Waals surface area (Å²) in [6.07, 6.45) is 0. The van der Waals surface area contributed by atoms with Crippen LogP contribution in [0.2, 0.25) is 5.02 Å². The maximum atomic E-state index is 11.4. The van der Waals surface area contributed by atoms with Gasteiger partial charge in [-0.3, -0.25) is 4.79 Å². The number of Topliss-reactive ketones (excluding diaryl/α,β-unsaturated/α-hetero) is 1. The second-order valence-electron chi connectivity index (χ2n) is 3.20. The zero-order chi connectivity index (χ0) is 12.3. The maximum absolute atomic E-state index is 11.4. The highest BCUT2D eigenvalue weighted by atomic mass is 35.5. The minimum Gasteiger partial charge on any atom is -0.465 e. The number of halogens is 2. The summed E-state index contributed by atoms with van der Waals surface area (Å²) in [6, 6.07) is 4.52. The van der Waals surface area contributed by atoms with Crippen molar-refractivity contribution in [3.63, 3.8) is 0 Å². The Hall–Kier alpha value is -1.06. The minimum atomic E-state index is -0.896. The van der Waals surface area contributed by atoms with E-state index in [4.69, 9.17) is 23.2 Å². The molecule has 86 valence electrons. The highest BCUT2D eigenvalue weighted by Crippen LogP contribution is 2.28. The second-order valence-corrected chi connectivity index (χ2v) is 4.07. The summed E-state index contributed by atoms with van der Waals surface area (Å²) in [7, 11) is 1.26. The van der Waals surface area contributed by atoms with Crippen LogP contribution in [0.1, 0.15) is 28.2 Å². The average Bonchev–Trinajstić information content (AvgIpc) is 2.26. The third kappa shape index (κ3) is 2.74. The van der Waals surface area contributed by atoms with E-state index in [1.165, 1.54) is 26.2 Å². The lowest BCUT2D eigenvalue weighted by atomic mass is 10.0. The third-order valence-corrected chi connectivity index (χ3v) is 2.83. The van der Waals surface area contributed by atoms with Crippen molar-refractivity contribution >= 4 is 35.0 Å². The maximum Gasteiger partial charge on any atom is 0.338 e. The van der Waals surface area contributed by atoms with E-state index in [1.54, 1.807) is 6.07 Å². The molecule has 0 saturated heterocycles. The molecule has 1 aromatic rings. The number of ether oxygens (including phenoxy) is 1. The number of carbonyl (C=O) groups excluding carboxylic acids is 2. The lowest BCUT2D eigenvalue weighted by Crippen LogP contribution is -2.10. The highest BCUT2D eigenvalue weighted by molar-refractivity contribution is 6.33. The Morgan fingerprint density at radius 3 is 2.50 bits per heavy atom. The third-order valence-electron chi connectivity index (χ3n) is 2.05. The molecule has 0 aliphatic rings. The predicted octanol–water partition coefficient (Wildman–Crippen LogP) is 3.00. The van der Waals surface area contributed by atoms with Crippen molar-refractivity contribution in [1.82, 2.24) is 0 Å². The summed E-state index contributed by atoms with van der Waals surface area (Å²) < 4.78 is 4.59. The number of alkyl halides is 1. The first-order chi connectivity index (χ1) is 7.47. The van der Waals surface area contributed by atoms with E-state index in [0.29, 0.717) is 10.6 Å². The molecule has 0 bridgehead atoms. The molecule has 1 aromatic carbocycles. The molecule has 0 amide bonds. The molecule has 0 heterocycles. The molecule has 1 rings (SSSR count). The number of hydrogen-bond donors (Lipinski definition) is 0. The van der Waals surface area contributed by atoms with Crippen molar-refractivity contribution < 1.29 is 14.3 Å². The smallest absolute Gasteiger partial charge is 0.338 e. The van der Waals surface area contributed by atoms with Crippen molar-refractivity contribution in [1.29, 1.82) is 0 Å². The fourth-order valence-electron chi connectivity index (χ4n) is 1.26. The lowest BCUT2D eigenvalue weighted by molar-refractivity contribution is -0.116. The average molecular weight is 261 g/mol. The summed E-state index contributed by atoms with van der Waals surface area (Å²) in [5.41, 5.74) is 0.621. The molecule has 1 unspecified atom stereocenters. The molecule has 5 heteroatoms. The van der Waals surface area contributed by atoms with Crippen LogP contribution in [0, 0.1) is 0 Å². The predicted molar refractivity (Wildman–Crippen MR) is 62.1 cm³/mol. The van der Waals surface area contributed by atoms with Crippen LogP contribution in [0.15, 0.2) is 18.2 Å². The van der Waals surface area contributed by atoms with Crippen molar-refractivity contribution in [3.8, 4) is 0 Å². The van der Waals surface area contributed by atoms with E-state index in [-0.39, 0.29) is 11.3 Å². The monoisotopic (exact) mass is 260 g/mol. The van der Waals surface area contributed by atoms with Crippen LogP contribution < -0.4 is 0 Å². The Morgan fingerprint density at radius 2 is 2.00 bits per heavy atom. The number of esters is 1. The van der Waals surface area contributed by atoms with Crippen molar-refractivity contribution in [3.05, 3.63) is 34.3 Å². The van der Waals surface area contributed by atoms with Gasteiger partial charge in [0.25, 0.3) is 0 Å². The normalized spacial score (nSPS) is 12.0. The van der Waals surface area contributed by atoms with Crippen LogP contribution in [0.5, 0.6) is 0 Å². The van der Waals surface area contributed by atoms with E-state index < -0.39 is 11.3 Å². The standard InChI is InChI=1S/C11H10Cl2O3/c1-6(14)10(13)9-5-7(12)3-4-8(9)11(15)16-2/h3-5,10H,1-2H3. The number of hydrogen-bond acceptors (Lipinski definition) is 3. The highest BCUT2D eigenvalue weighted by Gasteiger charge is 2.21. The SMILES string of the molecule is COC(=O)c1ccc(Cl)cc1C(Cl)C(C)=O. The molecule has 0 aromatic heterocycles. The molecular formula is C11H10Cl2O3. The molecular weight excluding hydrogens is 251 g/mol. The number of rotatable bonds is 3. The Bertz CT molecular complexity index is 429. The minimum absolute atomic E-state index is 0.252. The van der Waals surface area contributed by atoms with Gasteiger partial charge in [0.2, 0.25) is 0 Å². The van der Waals surface area contributed by atoms with Crippen LogP contribution in [0.3, 0.4) is 0 Å². The van der Waals surface area contributed by atoms with Crippen LogP contribution in [0.4, 0.5) is 0 Å². The van der Waals surface area contributed by atoms with Crippen molar-refractivity contribution in [2.24, 2.45) is 0 Å². The van der Waals surface area contributed by atoms with Gasteiger partial charge in [-0.15, -0.1) is 11.6 Å². The van der Waals surface area contributed by atoms with E-state index >= 15 is 0 Å². The van der Waals surface area contributed by atoms with Gasteiger partial charge in [0.15, 0.2) is 5.78 Å². The quantitative estimate of drug-likeness (QED) is 0.620. The number of carbonyl (C=O) groups is 2. The Labute approximate surface area is 103 Å². The first-order valence-electron chi connectivity index (χ1n) is 4.49. The zero-order valence-electron chi connectivity index (χ0n) is 8.79. The number of methoxy groups -OCH3 is 1. The fourth-order valence-corrected chi connectivity index (χ4v) is 1.62. The van der Waals surface area contributed by atoms with Gasteiger partial charge in [0.05, 0.1) is 12.7 Å². The summed E-state index contributed by atoms with van der Waals surface area (Å²) >= 11 is 11.7. The van der Waals surface area contributed by atoms with Gasteiger partial charge in [-0.2, -0.15) is 0 Å². The largest absolute Gasteiger partial charge is 0.465 e. The fraction of sp³-hybridized carbons (Fsp3) is 0.273. The summed E-state index contributed by atoms with van der Waals surface area (Å²) in [5, 5.41) is -0.484. The molecule has 0 aliphatic heterocycles. The van der Waals surface area contributed by atoms with Crippen molar-refractivity contribution in [2.75, 3.05) is 7.11 Å². The molecule has 0 spiro atoms. The van der Waals surface area contributed by atoms with Gasteiger partial charge >= 0.3 is 5.97 Å². The van der Waals surface area contributed by atoms with Gasteiger partial charge in [0, 0.05) is 5.02 Å². The molecule has 0 radical (unpaired) electrons. The van der Waals surface area contributed by atoms with Crippen LogP contribution >= 0.6 is 23.2 Å². The topological polar surface area (TPSA) is 43.4 Å².